The monoisotopic (exact) mass is 612 g/mol. The Hall–Kier alpha value is -1.51. The standard InChI is InChI=1S/C19H22Br2N2O7S2/c1-31(25,26)29-9-7-23(8-10-30-32(2,27)28)16-5-3-14(4-6-16)13-22-15-11-17(20)19(24)18(21)12-15/h3-6,11-13,24H,7-10H2,1-2H3. The summed E-state index contributed by atoms with van der Waals surface area (Å²) < 4.78 is 55.4. The minimum atomic E-state index is -3.59. The van der Waals surface area contributed by atoms with E-state index in [-0.39, 0.29) is 32.1 Å². The summed E-state index contributed by atoms with van der Waals surface area (Å²) in [6, 6.07) is 10.6. The van der Waals surface area contributed by atoms with Crippen LogP contribution >= 0.6 is 31.9 Å². The quantitative estimate of drug-likeness (QED) is 0.302. The van der Waals surface area contributed by atoms with Gasteiger partial charge in [-0.25, -0.2) is 0 Å². The summed E-state index contributed by atoms with van der Waals surface area (Å²) in [6.45, 7) is 0.240. The number of hydrogen-bond donors (Lipinski definition) is 1. The van der Waals surface area contributed by atoms with E-state index in [1.807, 2.05) is 12.1 Å². The Kier molecular flexibility index (Phi) is 9.67. The number of hydrogen-bond acceptors (Lipinski definition) is 9. The number of nitrogens with zero attached hydrogens (tertiary/aromatic N) is 2. The van der Waals surface area contributed by atoms with Crippen LogP contribution in [0.5, 0.6) is 5.75 Å². The lowest BCUT2D eigenvalue weighted by Gasteiger charge is -2.24. The second-order valence-corrected chi connectivity index (χ2v) is 11.6. The Morgan fingerprint density at radius 2 is 1.41 bits per heavy atom. The molecule has 0 saturated carbocycles. The fourth-order valence-corrected chi connectivity index (χ4v) is 4.43. The summed E-state index contributed by atoms with van der Waals surface area (Å²) in [4.78, 5) is 6.14. The SMILES string of the molecule is CS(=O)(=O)OCCN(CCOS(C)(=O)=O)c1ccc(C=Nc2cc(Br)c(O)c(Br)c2)cc1. The highest BCUT2D eigenvalue weighted by atomic mass is 79.9. The predicted octanol–water partition coefficient (Wildman–Crippen LogP) is 3.43. The van der Waals surface area contributed by atoms with E-state index in [9.17, 15) is 21.9 Å². The highest BCUT2D eigenvalue weighted by Gasteiger charge is 2.11. The van der Waals surface area contributed by atoms with Crippen LogP contribution in [0.4, 0.5) is 11.4 Å². The average Bonchev–Trinajstić information content (AvgIpc) is 2.68. The lowest BCUT2D eigenvalue weighted by molar-refractivity contribution is 0.309. The maximum Gasteiger partial charge on any atom is 0.264 e. The zero-order chi connectivity index (χ0) is 23.9. The van der Waals surface area contributed by atoms with E-state index in [0.717, 1.165) is 23.8 Å². The number of benzene rings is 2. The van der Waals surface area contributed by atoms with Gasteiger partial charge in [0.1, 0.15) is 5.75 Å². The Labute approximate surface area is 204 Å². The Bertz CT molecular complexity index is 1110. The first kappa shape index (κ1) is 26.7. The normalized spacial score (nSPS) is 12.4. The Morgan fingerprint density at radius 1 is 0.938 bits per heavy atom. The second-order valence-electron chi connectivity index (χ2n) is 6.65. The topological polar surface area (TPSA) is 123 Å². The fraction of sp³-hybridized carbons (Fsp3) is 0.316. The van der Waals surface area contributed by atoms with Crippen molar-refractivity contribution in [2.45, 2.75) is 0 Å². The number of aliphatic imine (C=N–C) groups is 1. The summed E-state index contributed by atoms with van der Waals surface area (Å²) in [7, 11) is -7.18. The van der Waals surface area contributed by atoms with Crippen molar-refractivity contribution >= 4 is 69.7 Å². The van der Waals surface area contributed by atoms with Crippen LogP contribution < -0.4 is 4.90 Å². The summed E-state index contributed by atoms with van der Waals surface area (Å²) in [5, 5.41) is 9.78. The van der Waals surface area contributed by atoms with Crippen LogP contribution in [0.25, 0.3) is 0 Å². The van der Waals surface area contributed by atoms with Gasteiger partial charge in [0, 0.05) is 25.0 Å². The molecule has 1 N–H and O–H groups in total. The highest BCUT2D eigenvalue weighted by molar-refractivity contribution is 9.11. The van der Waals surface area contributed by atoms with Crippen LogP contribution in [0.1, 0.15) is 5.56 Å². The number of phenolic OH excluding ortho intramolecular Hbond substituents is 1. The molecule has 2 rings (SSSR count). The summed E-state index contributed by atoms with van der Waals surface area (Å²) in [6.07, 6.45) is 3.58. The maximum atomic E-state index is 11.2. The maximum absolute atomic E-state index is 11.2. The molecule has 176 valence electrons. The zero-order valence-corrected chi connectivity index (χ0v) is 22.0. The van der Waals surface area contributed by atoms with E-state index in [4.69, 9.17) is 8.37 Å². The van der Waals surface area contributed by atoms with E-state index in [2.05, 4.69) is 36.9 Å². The first-order valence-corrected chi connectivity index (χ1v) is 14.3. The lowest BCUT2D eigenvalue weighted by atomic mass is 10.2. The van der Waals surface area contributed by atoms with Gasteiger partial charge in [0.05, 0.1) is 40.4 Å². The summed E-state index contributed by atoms with van der Waals surface area (Å²) >= 11 is 6.52. The molecule has 0 spiro atoms. The number of rotatable bonds is 11. The molecule has 0 unspecified atom stereocenters. The molecule has 0 fully saturated rings. The first-order chi connectivity index (χ1) is 14.8. The van der Waals surface area contributed by atoms with Crippen molar-refractivity contribution < 1.29 is 30.3 Å². The molecule has 2 aromatic rings. The van der Waals surface area contributed by atoms with Gasteiger partial charge in [0.15, 0.2) is 0 Å². The van der Waals surface area contributed by atoms with E-state index in [1.54, 1.807) is 35.4 Å². The predicted molar refractivity (Wildman–Crippen MR) is 131 cm³/mol. The third-order valence-corrected chi connectivity index (χ3v) is 6.34. The second kappa shape index (κ2) is 11.6. The summed E-state index contributed by atoms with van der Waals surface area (Å²) in [5.41, 5.74) is 2.16. The molecule has 0 aliphatic rings. The molecular formula is C19H22Br2N2O7S2. The Morgan fingerprint density at radius 3 is 1.84 bits per heavy atom. The third kappa shape index (κ3) is 9.55. The van der Waals surface area contributed by atoms with Gasteiger partial charge >= 0.3 is 0 Å². The van der Waals surface area contributed by atoms with Crippen molar-refractivity contribution in [3.05, 3.63) is 50.9 Å². The van der Waals surface area contributed by atoms with E-state index in [0.29, 0.717) is 14.6 Å². The van der Waals surface area contributed by atoms with E-state index >= 15 is 0 Å². The van der Waals surface area contributed by atoms with Gasteiger partial charge in [-0.15, -0.1) is 0 Å². The van der Waals surface area contributed by atoms with Gasteiger partial charge < -0.3 is 10.0 Å². The molecule has 9 nitrogen and oxygen atoms in total. The molecule has 0 aliphatic heterocycles. The lowest BCUT2D eigenvalue weighted by Crippen LogP contribution is -2.32. The fourth-order valence-electron chi connectivity index (χ4n) is 2.51. The van der Waals surface area contributed by atoms with Gasteiger partial charge in [-0.1, -0.05) is 12.1 Å². The molecule has 0 saturated heterocycles. The van der Waals surface area contributed by atoms with Crippen molar-refractivity contribution in [1.29, 1.82) is 0 Å². The van der Waals surface area contributed by atoms with Crippen LogP contribution in [0, 0.1) is 0 Å². The minimum Gasteiger partial charge on any atom is -0.506 e. The number of aromatic hydroxyl groups is 1. The van der Waals surface area contributed by atoms with Crippen molar-refractivity contribution in [3.63, 3.8) is 0 Å². The van der Waals surface area contributed by atoms with Crippen LogP contribution in [-0.4, -0.2) is 67.0 Å². The largest absolute Gasteiger partial charge is 0.506 e. The molecule has 0 atom stereocenters. The van der Waals surface area contributed by atoms with Gasteiger partial charge in [0.2, 0.25) is 0 Å². The number of anilines is 1. The van der Waals surface area contributed by atoms with Crippen LogP contribution in [0.2, 0.25) is 0 Å². The van der Waals surface area contributed by atoms with Crippen molar-refractivity contribution in [1.82, 2.24) is 0 Å². The molecule has 32 heavy (non-hydrogen) atoms. The Balaban J connectivity index is 2.12. The van der Waals surface area contributed by atoms with Crippen molar-refractivity contribution in [3.8, 4) is 5.75 Å². The van der Waals surface area contributed by atoms with Gasteiger partial charge in [-0.2, -0.15) is 16.8 Å². The molecule has 0 bridgehead atoms. The molecule has 13 heteroatoms. The van der Waals surface area contributed by atoms with Crippen LogP contribution in [0.15, 0.2) is 50.3 Å². The molecule has 0 heterocycles. The van der Waals surface area contributed by atoms with Gasteiger partial charge in [-0.3, -0.25) is 13.4 Å². The average molecular weight is 614 g/mol. The number of phenols is 1. The molecule has 0 aliphatic carbocycles. The molecular weight excluding hydrogens is 592 g/mol. The smallest absolute Gasteiger partial charge is 0.264 e. The van der Waals surface area contributed by atoms with Crippen LogP contribution in [0.3, 0.4) is 0 Å². The van der Waals surface area contributed by atoms with Crippen molar-refractivity contribution in [2.75, 3.05) is 43.7 Å². The molecule has 0 aromatic heterocycles. The number of halogens is 2. The third-order valence-electron chi connectivity index (χ3n) is 3.94. The first-order valence-electron chi connectivity index (χ1n) is 9.10. The van der Waals surface area contributed by atoms with E-state index in [1.165, 1.54) is 0 Å². The van der Waals surface area contributed by atoms with Gasteiger partial charge in [-0.05, 0) is 61.7 Å². The van der Waals surface area contributed by atoms with Gasteiger partial charge in [0.25, 0.3) is 20.2 Å². The molecule has 0 radical (unpaired) electrons. The van der Waals surface area contributed by atoms with Crippen molar-refractivity contribution in [2.24, 2.45) is 4.99 Å². The summed E-state index contributed by atoms with van der Waals surface area (Å²) in [5.74, 6) is 0.0908. The molecule has 2 aromatic carbocycles. The molecule has 0 amide bonds. The van der Waals surface area contributed by atoms with Crippen LogP contribution in [-0.2, 0) is 28.6 Å². The highest BCUT2D eigenvalue weighted by Crippen LogP contribution is 2.36. The zero-order valence-electron chi connectivity index (χ0n) is 17.2. The van der Waals surface area contributed by atoms with E-state index < -0.39 is 20.2 Å². The minimum absolute atomic E-state index is 0.0908.